The number of carbonyl (C=O) groups excluding carboxylic acids is 1. The molecule has 1 aliphatic rings. The molecule has 0 bridgehead atoms. The molecule has 1 heterocycles. The van der Waals surface area contributed by atoms with Crippen molar-refractivity contribution >= 4 is 5.91 Å². The number of hydrogen-bond donors (Lipinski definition) is 1. The summed E-state index contributed by atoms with van der Waals surface area (Å²) < 4.78 is 0. The van der Waals surface area contributed by atoms with Crippen LogP contribution in [0.15, 0.2) is 30.3 Å². The lowest BCUT2D eigenvalue weighted by Crippen LogP contribution is -2.31. The van der Waals surface area contributed by atoms with Crippen LogP contribution in [0.5, 0.6) is 0 Å². The zero-order valence-electron chi connectivity index (χ0n) is 8.76. The fraction of sp³-hybridized carbons (Fsp3) is 0.417. The quantitative estimate of drug-likeness (QED) is 0.791. The van der Waals surface area contributed by atoms with Gasteiger partial charge in [-0.15, -0.1) is 0 Å². The average molecular weight is 205 g/mol. The number of aliphatic hydroxyl groups excluding tert-OH is 1. The first kappa shape index (κ1) is 10.2. The third kappa shape index (κ3) is 1.88. The van der Waals surface area contributed by atoms with E-state index in [1.807, 2.05) is 37.3 Å². The second kappa shape index (κ2) is 4.03. The van der Waals surface area contributed by atoms with Gasteiger partial charge in [0.25, 0.3) is 5.91 Å². The normalized spacial score (nSPS) is 23.2. The maximum absolute atomic E-state index is 11.6. The first-order chi connectivity index (χ1) is 7.20. The monoisotopic (exact) mass is 205 g/mol. The van der Waals surface area contributed by atoms with Crippen molar-refractivity contribution in [1.29, 1.82) is 0 Å². The van der Waals surface area contributed by atoms with E-state index in [1.54, 1.807) is 4.90 Å². The van der Waals surface area contributed by atoms with E-state index >= 15 is 0 Å². The van der Waals surface area contributed by atoms with Gasteiger partial charge in [-0.1, -0.05) is 30.3 Å². The molecule has 15 heavy (non-hydrogen) atoms. The van der Waals surface area contributed by atoms with Crippen LogP contribution in [0.4, 0.5) is 0 Å². The van der Waals surface area contributed by atoms with Crippen LogP contribution in [0.1, 0.15) is 24.9 Å². The molecule has 80 valence electrons. The third-order valence-corrected chi connectivity index (χ3v) is 2.96. The van der Waals surface area contributed by atoms with Gasteiger partial charge in [0.1, 0.15) is 6.10 Å². The van der Waals surface area contributed by atoms with E-state index in [1.165, 1.54) is 0 Å². The molecule has 1 saturated heterocycles. The second-order valence-corrected chi connectivity index (χ2v) is 3.92. The second-order valence-electron chi connectivity index (χ2n) is 3.92. The van der Waals surface area contributed by atoms with Gasteiger partial charge in [0, 0.05) is 6.54 Å². The van der Waals surface area contributed by atoms with Crippen molar-refractivity contribution in [3.05, 3.63) is 35.9 Å². The van der Waals surface area contributed by atoms with Gasteiger partial charge in [0.15, 0.2) is 0 Å². The van der Waals surface area contributed by atoms with Gasteiger partial charge < -0.3 is 10.0 Å². The van der Waals surface area contributed by atoms with Crippen LogP contribution in [0.2, 0.25) is 0 Å². The molecule has 1 aliphatic heterocycles. The largest absolute Gasteiger partial charge is 0.383 e. The van der Waals surface area contributed by atoms with E-state index in [4.69, 9.17) is 0 Å². The molecule has 2 atom stereocenters. The number of nitrogens with zero attached hydrogens (tertiary/aromatic N) is 1. The van der Waals surface area contributed by atoms with Crippen LogP contribution in [-0.4, -0.2) is 28.6 Å². The van der Waals surface area contributed by atoms with Crippen LogP contribution in [-0.2, 0) is 4.79 Å². The van der Waals surface area contributed by atoms with Crippen LogP contribution >= 0.6 is 0 Å². The Kier molecular flexibility index (Phi) is 2.73. The number of carbonyl (C=O) groups is 1. The molecule has 2 unspecified atom stereocenters. The van der Waals surface area contributed by atoms with E-state index in [0.717, 1.165) is 5.56 Å². The van der Waals surface area contributed by atoms with E-state index in [9.17, 15) is 9.90 Å². The Morgan fingerprint density at radius 1 is 1.40 bits per heavy atom. The SMILES string of the molecule is CC(c1ccccc1)N1CCC(O)C1=O. The van der Waals surface area contributed by atoms with E-state index in [2.05, 4.69) is 0 Å². The summed E-state index contributed by atoms with van der Waals surface area (Å²) in [6.07, 6.45) is -0.244. The number of likely N-dealkylation sites (tertiary alicyclic amines) is 1. The predicted molar refractivity (Wildman–Crippen MR) is 57.2 cm³/mol. The van der Waals surface area contributed by atoms with Crippen LogP contribution in [0.3, 0.4) is 0 Å². The molecule has 0 aliphatic carbocycles. The summed E-state index contributed by atoms with van der Waals surface area (Å²) in [5, 5.41) is 9.37. The minimum atomic E-state index is -0.795. The molecule has 0 aromatic heterocycles. The van der Waals surface area contributed by atoms with Gasteiger partial charge >= 0.3 is 0 Å². The van der Waals surface area contributed by atoms with Crippen LogP contribution in [0.25, 0.3) is 0 Å². The topological polar surface area (TPSA) is 40.5 Å². The number of rotatable bonds is 2. The van der Waals surface area contributed by atoms with Crippen molar-refractivity contribution < 1.29 is 9.90 Å². The lowest BCUT2D eigenvalue weighted by atomic mass is 10.1. The molecule has 0 radical (unpaired) electrons. The van der Waals surface area contributed by atoms with Gasteiger partial charge in [-0.3, -0.25) is 4.79 Å². The Morgan fingerprint density at radius 3 is 2.60 bits per heavy atom. The summed E-state index contributed by atoms with van der Waals surface area (Å²) in [6, 6.07) is 9.93. The number of aliphatic hydroxyl groups is 1. The maximum Gasteiger partial charge on any atom is 0.251 e. The average Bonchev–Trinajstić information content (AvgIpc) is 2.60. The molecule has 3 nitrogen and oxygen atoms in total. The summed E-state index contributed by atoms with van der Waals surface area (Å²) in [7, 11) is 0. The minimum Gasteiger partial charge on any atom is -0.383 e. The van der Waals surface area contributed by atoms with Crippen molar-refractivity contribution in [2.45, 2.75) is 25.5 Å². The van der Waals surface area contributed by atoms with Crippen molar-refractivity contribution in [1.82, 2.24) is 4.90 Å². The van der Waals surface area contributed by atoms with Gasteiger partial charge in [-0.05, 0) is 18.9 Å². The van der Waals surface area contributed by atoms with Gasteiger partial charge in [-0.2, -0.15) is 0 Å². The molecule has 0 saturated carbocycles. The Morgan fingerprint density at radius 2 is 2.07 bits per heavy atom. The standard InChI is InChI=1S/C12H15NO2/c1-9(10-5-3-2-4-6-10)13-8-7-11(14)12(13)15/h2-6,9,11,14H,7-8H2,1H3. The predicted octanol–water partition coefficient (Wildman–Crippen LogP) is 1.34. The summed E-state index contributed by atoms with van der Waals surface area (Å²) in [5.74, 6) is -0.147. The van der Waals surface area contributed by atoms with Gasteiger partial charge in [-0.25, -0.2) is 0 Å². The number of benzene rings is 1. The summed E-state index contributed by atoms with van der Waals surface area (Å²) in [6.45, 7) is 2.64. The fourth-order valence-electron chi connectivity index (χ4n) is 1.98. The molecule has 1 amide bonds. The molecule has 1 N–H and O–H groups in total. The van der Waals surface area contributed by atoms with Gasteiger partial charge in [0.2, 0.25) is 0 Å². The molecule has 1 fully saturated rings. The van der Waals surface area contributed by atoms with Crippen molar-refractivity contribution in [3.63, 3.8) is 0 Å². The third-order valence-electron chi connectivity index (χ3n) is 2.96. The highest BCUT2D eigenvalue weighted by molar-refractivity contribution is 5.83. The maximum atomic E-state index is 11.6. The van der Waals surface area contributed by atoms with Crippen LogP contribution in [0, 0.1) is 0 Å². The molecule has 1 aromatic carbocycles. The molecule has 2 rings (SSSR count). The summed E-state index contributed by atoms with van der Waals surface area (Å²) >= 11 is 0. The van der Waals surface area contributed by atoms with E-state index in [0.29, 0.717) is 13.0 Å². The van der Waals surface area contributed by atoms with E-state index in [-0.39, 0.29) is 11.9 Å². The lowest BCUT2D eigenvalue weighted by molar-refractivity contribution is -0.136. The minimum absolute atomic E-state index is 0.0517. The first-order valence-corrected chi connectivity index (χ1v) is 5.23. The zero-order chi connectivity index (χ0) is 10.8. The highest BCUT2D eigenvalue weighted by Crippen LogP contribution is 2.25. The zero-order valence-corrected chi connectivity index (χ0v) is 8.76. The highest BCUT2D eigenvalue weighted by atomic mass is 16.3. The Bertz CT molecular complexity index is 350. The van der Waals surface area contributed by atoms with Crippen LogP contribution < -0.4 is 0 Å². The smallest absolute Gasteiger partial charge is 0.251 e. The fourth-order valence-corrected chi connectivity index (χ4v) is 1.98. The first-order valence-electron chi connectivity index (χ1n) is 5.23. The van der Waals surface area contributed by atoms with E-state index < -0.39 is 6.10 Å². The van der Waals surface area contributed by atoms with Crippen molar-refractivity contribution in [3.8, 4) is 0 Å². The van der Waals surface area contributed by atoms with Gasteiger partial charge in [0.05, 0.1) is 6.04 Å². The highest BCUT2D eigenvalue weighted by Gasteiger charge is 2.33. The summed E-state index contributed by atoms with van der Waals surface area (Å²) in [5.41, 5.74) is 1.11. The Balaban J connectivity index is 2.16. The number of amides is 1. The molecule has 1 aromatic rings. The lowest BCUT2D eigenvalue weighted by Gasteiger charge is -2.24. The molecular formula is C12H15NO2. The molecular weight excluding hydrogens is 190 g/mol. The summed E-state index contributed by atoms with van der Waals surface area (Å²) in [4.78, 5) is 13.3. The Labute approximate surface area is 89.3 Å². The Hall–Kier alpha value is -1.35. The number of hydrogen-bond acceptors (Lipinski definition) is 2. The molecule has 3 heteroatoms. The van der Waals surface area contributed by atoms with Crippen molar-refractivity contribution in [2.75, 3.05) is 6.54 Å². The molecule has 0 spiro atoms. The van der Waals surface area contributed by atoms with Crippen molar-refractivity contribution in [2.24, 2.45) is 0 Å².